The first-order chi connectivity index (χ1) is 14.3. The minimum atomic E-state index is -1.51. The summed E-state index contributed by atoms with van der Waals surface area (Å²) in [5.74, 6) is -1.33. The number of nitrogens with one attached hydrogen (secondary N) is 1. The van der Waals surface area contributed by atoms with Gasteiger partial charge in [-0.1, -0.05) is 12.1 Å². The highest BCUT2D eigenvalue weighted by atomic mass is 19.1. The molecule has 1 fully saturated rings. The van der Waals surface area contributed by atoms with Gasteiger partial charge in [0, 0.05) is 12.1 Å². The van der Waals surface area contributed by atoms with Crippen molar-refractivity contribution in [3.05, 3.63) is 59.2 Å². The number of rotatable bonds is 5. The van der Waals surface area contributed by atoms with E-state index in [0.717, 1.165) is 19.3 Å². The summed E-state index contributed by atoms with van der Waals surface area (Å²) in [6, 6.07) is 9.86. The van der Waals surface area contributed by atoms with E-state index in [1.165, 1.54) is 43.3 Å². The van der Waals surface area contributed by atoms with Crippen LogP contribution in [0.1, 0.15) is 49.8 Å². The maximum absolute atomic E-state index is 14.0. The van der Waals surface area contributed by atoms with E-state index in [1.54, 1.807) is 0 Å². The van der Waals surface area contributed by atoms with E-state index in [-0.39, 0.29) is 24.0 Å². The summed E-state index contributed by atoms with van der Waals surface area (Å²) in [6.07, 6.45) is 2.54. The Morgan fingerprint density at radius 3 is 2.63 bits per heavy atom. The van der Waals surface area contributed by atoms with Crippen LogP contribution in [0.15, 0.2) is 36.4 Å². The van der Waals surface area contributed by atoms with E-state index in [0.29, 0.717) is 16.6 Å². The van der Waals surface area contributed by atoms with Gasteiger partial charge in [-0.25, -0.2) is 13.8 Å². The van der Waals surface area contributed by atoms with Gasteiger partial charge in [-0.15, -0.1) is 0 Å². The molecule has 154 valence electrons. The fourth-order valence-electron chi connectivity index (χ4n) is 3.70. The number of aromatic nitrogens is 2. The predicted molar refractivity (Wildman–Crippen MR) is 107 cm³/mol. The van der Waals surface area contributed by atoms with Crippen molar-refractivity contribution < 1.29 is 18.7 Å². The van der Waals surface area contributed by atoms with Crippen molar-refractivity contribution in [3.8, 4) is 6.07 Å². The topological polar surface area (TPSA) is 90.9 Å². The number of nitriles is 1. The van der Waals surface area contributed by atoms with Gasteiger partial charge in [0.15, 0.2) is 0 Å². The lowest BCUT2D eigenvalue weighted by Crippen LogP contribution is -2.30. The number of hydrogen-bond acceptors (Lipinski definition) is 4. The summed E-state index contributed by atoms with van der Waals surface area (Å²) < 4.78 is 29.0. The highest BCUT2D eigenvalue weighted by molar-refractivity contribution is 5.92. The molecule has 6 nitrogen and oxygen atoms in total. The maximum Gasteiger partial charge on any atom is 0.229 e. The first-order valence-corrected chi connectivity index (χ1v) is 9.68. The molecule has 1 amide bonds. The van der Waals surface area contributed by atoms with Crippen LogP contribution in [0.2, 0.25) is 0 Å². The molecule has 30 heavy (non-hydrogen) atoms. The maximum atomic E-state index is 14.0. The van der Waals surface area contributed by atoms with E-state index in [1.807, 2.05) is 10.6 Å². The molecule has 0 aliphatic heterocycles. The van der Waals surface area contributed by atoms with Crippen LogP contribution in [-0.2, 0) is 10.4 Å². The minimum Gasteiger partial charge on any atom is -0.385 e. The molecule has 2 N–H and O–H groups in total. The lowest BCUT2D eigenvalue weighted by Gasteiger charge is -2.29. The fourth-order valence-corrected chi connectivity index (χ4v) is 3.70. The number of anilines is 1. The first-order valence-electron chi connectivity index (χ1n) is 9.68. The molecule has 1 aromatic heterocycles. The van der Waals surface area contributed by atoms with Gasteiger partial charge >= 0.3 is 0 Å². The Labute approximate surface area is 171 Å². The smallest absolute Gasteiger partial charge is 0.229 e. The number of benzene rings is 2. The molecule has 0 saturated heterocycles. The van der Waals surface area contributed by atoms with Crippen molar-refractivity contribution in [1.82, 2.24) is 9.55 Å². The molecule has 4 rings (SSSR count). The van der Waals surface area contributed by atoms with Gasteiger partial charge in [0.2, 0.25) is 11.9 Å². The van der Waals surface area contributed by atoms with E-state index in [4.69, 9.17) is 5.26 Å². The molecule has 0 spiro atoms. The second kappa shape index (κ2) is 7.50. The van der Waals surface area contributed by atoms with Gasteiger partial charge in [-0.05, 0) is 49.9 Å². The minimum absolute atomic E-state index is 0.0832. The summed E-state index contributed by atoms with van der Waals surface area (Å²) in [5.41, 5.74) is -0.254. The van der Waals surface area contributed by atoms with Crippen LogP contribution in [0.5, 0.6) is 0 Å². The van der Waals surface area contributed by atoms with Gasteiger partial charge in [-0.3, -0.25) is 10.1 Å². The Morgan fingerprint density at radius 2 is 2.03 bits per heavy atom. The van der Waals surface area contributed by atoms with E-state index < -0.39 is 23.1 Å². The molecular weight excluding hydrogens is 390 g/mol. The highest BCUT2D eigenvalue weighted by Crippen LogP contribution is 2.38. The zero-order valence-electron chi connectivity index (χ0n) is 16.3. The fraction of sp³-hybridized carbons (Fsp3) is 0.318. The van der Waals surface area contributed by atoms with E-state index in [2.05, 4.69) is 10.3 Å². The number of fused-ring (bicyclic) bond motifs is 1. The molecule has 1 aliphatic carbocycles. The number of imidazole rings is 1. The van der Waals surface area contributed by atoms with Gasteiger partial charge < -0.3 is 9.67 Å². The Morgan fingerprint density at radius 1 is 1.33 bits per heavy atom. The van der Waals surface area contributed by atoms with Crippen molar-refractivity contribution in [1.29, 1.82) is 5.26 Å². The summed E-state index contributed by atoms with van der Waals surface area (Å²) in [7, 11) is 0. The number of hydrogen-bond donors (Lipinski definition) is 2. The largest absolute Gasteiger partial charge is 0.385 e. The number of halogens is 2. The number of carbonyl (C=O) groups is 1. The SMILES string of the molecule is C[C@](O)(CC(=O)Nc1nc2cc(F)c(C#N)cc2n1C1CCC1)c1ccc(F)cc1. The lowest BCUT2D eigenvalue weighted by molar-refractivity contribution is -0.120. The molecule has 1 heterocycles. The Hall–Kier alpha value is -3.31. The van der Waals surface area contributed by atoms with Crippen molar-refractivity contribution in [2.24, 2.45) is 0 Å². The van der Waals surface area contributed by atoms with Gasteiger partial charge in [0.1, 0.15) is 17.7 Å². The molecule has 1 atom stereocenters. The van der Waals surface area contributed by atoms with Gasteiger partial charge in [0.25, 0.3) is 0 Å². The molecule has 0 radical (unpaired) electrons. The number of amides is 1. The molecule has 2 aromatic carbocycles. The molecule has 3 aromatic rings. The third-order valence-electron chi connectivity index (χ3n) is 5.56. The Balaban J connectivity index is 1.63. The molecule has 1 saturated carbocycles. The quantitative estimate of drug-likeness (QED) is 0.661. The van der Waals surface area contributed by atoms with Crippen molar-refractivity contribution in [2.75, 3.05) is 5.32 Å². The van der Waals surface area contributed by atoms with E-state index in [9.17, 15) is 18.7 Å². The molecule has 1 aliphatic rings. The molecule has 8 heteroatoms. The summed E-state index contributed by atoms with van der Waals surface area (Å²) in [4.78, 5) is 17.0. The molecule has 0 unspecified atom stereocenters. The highest BCUT2D eigenvalue weighted by Gasteiger charge is 2.30. The third-order valence-corrected chi connectivity index (χ3v) is 5.56. The number of nitrogens with zero attached hydrogens (tertiary/aromatic N) is 3. The number of carbonyl (C=O) groups excluding carboxylic acids is 1. The predicted octanol–water partition coefficient (Wildman–Crippen LogP) is 4.15. The standard InChI is InChI=1S/C22H20F2N4O2/c1-22(30,14-5-7-15(23)8-6-14)11-20(29)27-21-26-18-10-17(24)13(12-25)9-19(18)28(21)16-3-2-4-16/h5-10,16,30H,2-4,11H2,1H3,(H,26,27,29)/t22-/m0/s1. The average molecular weight is 410 g/mol. The number of aliphatic hydroxyl groups is 1. The van der Waals surface area contributed by atoms with Crippen LogP contribution >= 0.6 is 0 Å². The summed E-state index contributed by atoms with van der Waals surface area (Å²) in [6.45, 7) is 1.48. The second-order valence-corrected chi connectivity index (χ2v) is 7.83. The average Bonchev–Trinajstić information content (AvgIpc) is 2.96. The van der Waals surface area contributed by atoms with Crippen LogP contribution in [0.25, 0.3) is 11.0 Å². The first kappa shape index (κ1) is 20.0. The van der Waals surface area contributed by atoms with Crippen molar-refractivity contribution in [2.45, 2.75) is 44.2 Å². The van der Waals surface area contributed by atoms with Crippen LogP contribution < -0.4 is 5.32 Å². The third kappa shape index (κ3) is 3.64. The summed E-state index contributed by atoms with van der Waals surface area (Å²) in [5, 5.41) is 22.6. The van der Waals surface area contributed by atoms with Gasteiger partial charge in [0.05, 0.1) is 28.6 Å². The second-order valence-electron chi connectivity index (χ2n) is 7.83. The molecular formula is C22H20F2N4O2. The van der Waals surface area contributed by atoms with Gasteiger partial charge in [-0.2, -0.15) is 5.26 Å². The Kier molecular flexibility index (Phi) is 5.00. The van der Waals surface area contributed by atoms with Crippen LogP contribution in [0, 0.1) is 23.0 Å². The van der Waals surface area contributed by atoms with Crippen molar-refractivity contribution in [3.63, 3.8) is 0 Å². The lowest BCUT2D eigenvalue weighted by atomic mass is 9.92. The van der Waals surface area contributed by atoms with Crippen LogP contribution in [0.3, 0.4) is 0 Å². The van der Waals surface area contributed by atoms with Crippen LogP contribution in [0.4, 0.5) is 14.7 Å². The zero-order valence-corrected chi connectivity index (χ0v) is 16.3. The van der Waals surface area contributed by atoms with Crippen LogP contribution in [-0.4, -0.2) is 20.6 Å². The molecule has 0 bridgehead atoms. The Bertz CT molecular complexity index is 1160. The zero-order chi connectivity index (χ0) is 21.5. The monoisotopic (exact) mass is 410 g/mol. The van der Waals surface area contributed by atoms with Crippen molar-refractivity contribution >= 4 is 22.9 Å². The summed E-state index contributed by atoms with van der Waals surface area (Å²) >= 11 is 0. The van der Waals surface area contributed by atoms with E-state index >= 15 is 0 Å². The normalized spacial score (nSPS) is 16.0.